The number of aromatic amines is 1. The number of oxime groups is 1. The maximum absolute atomic E-state index is 12.6. The van der Waals surface area contributed by atoms with Gasteiger partial charge in [0.05, 0.1) is 11.9 Å². The fourth-order valence-corrected chi connectivity index (χ4v) is 4.28. The van der Waals surface area contributed by atoms with Crippen molar-refractivity contribution in [3.63, 3.8) is 0 Å². The summed E-state index contributed by atoms with van der Waals surface area (Å²) in [6, 6.07) is -0.977. The molecule has 1 aromatic rings. The van der Waals surface area contributed by atoms with E-state index in [-0.39, 0.29) is 35.4 Å². The number of carbonyl (C=O) groups excluding carboxylic acids is 3. The molecule has 160 valence electrons. The molecule has 2 aliphatic heterocycles. The first-order chi connectivity index (χ1) is 14.2. The Morgan fingerprint density at radius 3 is 2.80 bits per heavy atom. The number of hydrogen-bond acceptors (Lipinski definition) is 10. The van der Waals surface area contributed by atoms with Gasteiger partial charge in [-0.15, -0.1) is 11.8 Å². The second-order valence-corrected chi connectivity index (χ2v) is 7.31. The zero-order valence-corrected chi connectivity index (χ0v) is 16.7. The van der Waals surface area contributed by atoms with Gasteiger partial charge in [0.25, 0.3) is 11.8 Å². The zero-order chi connectivity index (χ0) is 22.0. The molecule has 2 unspecified atom stereocenters. The van der Waals surface area contributed by atoms with Crippen molar-refractivity contribution in [3.05, 3.63) is 23.2 Å². The fraction of sp³-hybridized carbons (Fsp3) is 0.375. The van der Waals surface area contributed by atoms with E-state index in [1.54, 1.807) is 0 Å². The van der Waals surface area contributed by atoms with Crippen LogP contribution in [0.5, 0.6) is 0 Å². The number of amides is 2. The van der Waals surface area contributed by atoms with Crippen LogP contribution in [-0.2, 0) is 28.8 Å². The molecule has 13 nitrogen and oxygen atoms in total. The Bertz CT molecular complexity index is 971. The molecule has 0 radical (unpaired) electrons. The molecule has 2 amide bonds. The number of aromatic nitrogens is 2. The van der Waals surface area contributed by atoms with E-state index in [0.717, 1.165) is 4.90 Å². The van der Waals surface area contributed by atoms with Crippen molar-refractivity contribution >= 4 is 47.2 Å². The second-order valence-electron chi connectivity index (χ2n) is 6.20. The number of aliphatic carboxylic acids is 1. The Kier molecular flexibility index (Phi) is 5.96. The van der Waals surface area contributed by atoms with Crippen molar-refractivity contribution in [2.75, 3.05) is 25.2 Å². The van der Waals surface area contributed by atoms with Crippen molar-refractivity contribution in [2.45, 2.75) is 18.3 Å². The Labute approximate surface area is 173 Å². The number of nitrogens with one attached hydrogen (secondary N) is 2. The van der Waals surface area contributed by atoms with E-state index < -0.39 is 35.2 Å². The molecule has 0 aliphatic carbocycles. The number of carboxylic acids is 1. The van der Waals surface area contributed by atoms with E-state index in [2.05, 4.69) is 25.3 Å². The maximum Gasteiger partial charge on any atom is 0.352 e. The van der Waals surface area contributed by atoms with Gasteiger partial charge in [0.2, 0.25) is 0 Å². The SMILES string of the molecule is CO/N=C(/C(=O)NC1C(=O)N2C(C(=O)O)=C(COC(C)=O)CSC12)c1cnc(N)[nH]1. The normalized spacial score (nSPS) is 20.9. The lowest BCUT2D eigenvalue weighted by molar-refractivity contribution is -0.150. The van der Waals surface area contributed by atoms with Crippen LogP contribution in [0, 0.1) is 0 Å². The first kappa shape index (κ1) is 21.2. The van der Waals surface area contributed by atoms with Crippen molar-refractivity contribution in [2.24, 2.45) is 5.16 Å². The summed E-state index contributed by atoms with van der Waals surface area (Å²) < 4.78 is 4.88. The molecule has 0 saturated carbocycles. The van der Waals surface area contributed by atoms with Gasteiger partial charge in [-0.1, -0.05) is 5.16 Å². The number of rotatable bonds is 7. The number of thioether (sulfide) groups is 1. The number of nitrogen functional groups attached to an aromatic ring is 1. The number of nitrogens with zero attached hydrogens (tertiary/aromatic N) is 3. The average Bonchev–Trinajstić information content (AvgIpc) is 3.13. The first-order valence-electron chi connectivity index (χ1n) is 8.50. The van der Waals surface area contributed by atoms with Crippen molar-refractivity contribution in [3.8, 4) is 0 Å². The number of esters is 1. The Morgan fingerprint density at radius 1 is 1.50 bits per heavy atom. The lowest BCUT2D eigenvalue weighted by atomic mass is 10.0. The van der Waals surface area contributed by atoms with Gasteiger partial charge in [-0.3, -0.25) is 19.3 Å². The lowest BCUT2D eigenvalue weighted by Gasteiger charge is -2.49. The third-order valence-electron chi connectivity index (χ3n) is 4.23. The van der Waals surface area contributed by atoms with E-state index in [0.29, 0.717) is 5.57 Å². The van der Waals surface area contributed by atoms with Crippen molar-refractivity contribution in [1.82, 2.24) is 20.2 Å². The van der Waals surface area contributed by atoms with Crippen LogP contribution in [-0.4, -0.2) is 80.3 Å². The summed E-state index contributed by atoms with van der Waals surface area (Å²) >= 11 is 1.24. The molecule has 0 spiro atoms. The van der Waals surface area contributed by atoms with Crippen LogP contribution in [0.15, 0.2) is 22.6 Å². The highest BCUT2D eigenvalue weighted by molar-refractivity contribution is 8.00. The van der Waals surface area contributed by atoms with Crippen LogP contribution in [0.2, 0.25) is 0 Å². The van der Waals surface area contributed by atoms with Gasteiger partial charge in [0.1, 0.15) is 30.8 Å². The summed E-state index contributed by atoms with van der Waals surface area (Å²) in [6.45, 7) is 0.968. The highest BCUT2D eigenvalue weighted by atomic mass is 32.2. The van der Waals surface area contributed by atoms with E-state index in [4.69, 9.17) is 10.5 Å². The number of anilines is 1. The molecule has 14 heteroatoms. The molecule has 3 heterocycles. The number of imidazole rings is 1. The molecular formula is C16H18N6O7S. The third kappa shape index (κ3) is 3.94. The van der Waals surface area contributed by atoms with Crippen LogP contribution >= 0.6 is 11.8 Å². The number of β-lactam (4-membered cyclic amide) rings is 1. The number of fused-ring (bicyclic) bond motifs is 1. The Hall–Kier alpha value is -3.55. The monoisotopic (exact) mass is 438 g/mol. The standard InChI is InChI=1S/C16H18N6O7S/c1-6(23)29-4-7-5-30-14-10(13(25)22(14)11(7)15(26)27)20-12(24)9(21-28-2)8-3-18-16(17)19-8/h3,10,14H,4-5H2,1-2H3,(H,20,24)(H,26,27)(H3,17,18,19)/b21-9+. The number of ether oxygens (including phenoxy) is 1. The summed E-state index contributed by atoms with van der Waals surface area (Å²) in [4.78, 5) is 60.2. The molecule has 3 rings (SSSR count). The van der Waals surface area contributed by atoms with E-state index in [9.17, 15) is 24.3 Å². The molecule has 2 atom stereocenters. The molecule has 5 N–H and O–H groups in total. The van der Waals surface area contributed by atoms with Crippen molar-refractivity contribution in [1.29, 1.82) is 0 Å². The van der Waals surface area contributed by atoms with Crippen molar-refractivity contribution < 1.29 is 33.9 Å². The third-order valence-corrected chi connectivity index (χ3v) is 5.57. The van der Waals surface area contributed by atoms with Gasteiger partial charge >= 0.3 is 11.9 Å². The predicted octanol–water partition coefficient (Wildman–Crippen LogP) is -1.36. The van der Waals surface area contributed by atoms with Crippen LogP contribution in [0.1, 0.15) is 12.6 Å². The predicted molar refractivity (Wildman–Crippen MR) is 103 cm³/mol. The average molecular weight is 438 g/mol. The number of carbonyl (C=O) groups is 4. The molecule has 1 fully saturated rings. The van der Waals surface area contributed by atoms with Crippen LogP contribution < -0.4 is 11.1 Å². The van der Waals surface area contributed by atoms with E-state index in [1.807, 2.05) is 0 Å². The van der Waals surface area contributed by atoms with Gasteiger partial charge < -0.3 is 30.7 Å². The summed E-state index contributed by atoms with van der Waals surface area (Å²) in [5.41, 5.74) is 5.56. The fourth-order valence-electron chi connectivity index (χ4n) is 2.95. The minimum absolute atomic E-state index is 0.0619. The van der Waals surface area contributed by atoms with Gasteiger partial charge in [-0.2, -0.15) is 0 Å². The summed E-state index contributed by atoms with van der Waals surface area (Å²) in [5, 5.41) is 15.1. The van der Waals surface area contributed by atoms with Crippen LogP contribution in [0.3, 0.4) is 0 Å². The van der Waals surface area contributed by atoms with Gasteiger partial charge in [-0.05, 0) is 0 Å². The first-order valence-corrected chi connectivity index (χ1v) is 9.55. The molecule has 0 aromatic carbocycles. The Balaban J connectivity index is 1.77. The van der Waals surface area contributed by atoms with Gasteiger partial charge in [0.15, 0.2) is 11.7 Å². The lowest BCUT2D eigenvalue weighted by Crippen LogP contribution is -2.71. The van der Waals surface area contributed by atoms with Crippen LogP contribution in [0.4, 0.5) is 5.95 Å². The van der Waals surface area contributed by atoms with Crippen LogP contribution in [0.25, 0.3) is 0 Å². The summed E-state index contributed by atoms with van der Waals surface area (Å²) in [6.07, 6.45) is 1.28. The number of carboxylic acid groups (broad SMARTS) is 1. The zero-order valence-electron chi connectivity index (χ0n) is 15.9. The number of hydrogen-bond donors (Lipinski definition) is 4. The second kappa shape index (κ2) is 8.44. The van der Waals surface area contributed by atoms with E-state index in [1.165, 1.54) is 32.0 Å². The highest BCUT2D eigenvalue weighted by Crippen LogP contribution is 2.40. The van der Waals surface area contributed by atoms with E-state index >= 15 is 0 Å². The summed E-state index contributed by atoms with van der Waals surface area (Å²) in [7, 11) is 1.24. The minimum Gasteiger partial charge on any atom is -0.477 e. The largest absolute Gasteiger partial charge is 0.477 e. The molecule has 1 aromatic heterocycles. The maximum atomic E-state index is 12.6. The highest BCUT2D eigenvalue weighted by Gasteiger charge is 2.54. The number of H-pyrrole nitrogens is 1. The molecule has 0 bridgehead atoms. The molecule has 2 aliphatic rings. The van der Waals surface area contributed by atoms with Gasteiger partial charge in [0, 0.05) is 18.2 Å². The Morgan fingerprint density at radius 2 is 2.23 bits per heavy atom. The summed E-state index contributed by atoms with van der Waals surface area (Å²) in [5.74, 6) is -2.96. The minimum atomic E-state index is -1.32. The molecule has 1 saturated heterocycles. The topological polar surface area (TPSA) is 189 Å². The molecule has 30 heavy (non-hydrogen) atoms. The molecular weight excluding hydrogens is 420 g/mol. The number of nitrogens with two attached hydrogens (primary N) is 1. The van der Waals surface area contributed by atoms with Gasteiger partial charge in [-0.25, -0.2) is 9.78 Å². The smallest absolute Gasteiger partial charge is 0.352 e. The quantitative estimate of drug-likeness (QED) is 0.171.